The predicted octanol–water partition coefficient (Wildman–Crippen LogP) is 2.21. The fraction of sp³-hybridized carbons (Fsp3) is 0.438. The van der Waals surface area contributed by atoms with Crippen LogP contribution in [-0.4, -0.2) is 31.4 Å². The van der Waals surface area contributed by atoms with Gasteiger partial charge in [-0.2, -0.15) is 0 Å². The van der Waals surface area contributed by atoms with Crippen LogP contribution in [0.5, 0.6) is 0 Å². The number of anilines is 1. The third-order valence-electron chi connectivity index (χ3n) is 4.15. The summed E-state index contributed by atoms with van der Waals surface area (Å²) in [4.78, 5) is 12.1. The van der Waals surface area contributed by atoms with Crippen molar-refractivity contribution in [1.82, 2.24) is 14.8 Å². The number of benzene rings is 1. The van der Waals surface area contributed by atoms with Crippen molar-refractivity contribution in [2.75, 3.05) is 5.32 Å². The van der Waals surface area contributed by atoms with E-state index in [1.165, 1.54) is 0 Å². The van der Waals surface area contributed by atoms with Crippen LogP contribution < -0.4 is 5.32 Å². The molecule has 6 heteroatoms. The van der Waals surface area contributed by atoms with Crippen molar-refractivity contribution < 1.29 is 9.90 Å². The Labute approximate surface area is 129 Å². The number of aliphatic hydroxyl groups is 1. The number of aryl methyl sites for hydroxylation is 1. The molecule has 0 unspecified atom stereocenters. The number of carbonyl (C=O) groups excluding carboxylic acids is 1. The number of hydrogen-bond donors (Lipinski definition) is 2. The van der Waals surface area contributed by atoms with Gasteiger partial charge in [0.15, 0.2) is 0 Å². The first-order valence-electron chi connectivity index (χ1n) is 7.55. The zero-order valence-corrected chi connectivity index (χ0v) is 12.6. The highest BCUT2D eigenvalue weighted by Gasteiger charge is 2.33. The second-order valence-corrected chi connectivity index (χ2v) is 5.95. The van der Waals surface area contributed by atoms with Crippen LogP contribution in [-0.2, 0) is 4.79 Å². The molecule has 3 rings (SSSR count). The molecule has 1 aromatic heterocycles. The lowest BCUT2D eigenvalue weighted by atomic mass is 9.97. The van der Waals surface area contributed by atoms with Crippen molar-refractivity contribution in [1.29, 1.82) is 0 Å². The fourth-order valence-corrected chi connectivity index (χ4v) is 2.99. The molecule has 0 atom stereocenters. The number of carbonyl (C=O) groups is 1. The molecule has 1 fully saturated rings. The van der Waals surface area contributed by atoms with Gasteiger partial charge in [-0.1, -0.05) is 18.9 Å². The zero-order valence-electron chi connectivity index (χ0n) is 12.6. The first-order valence-corrected chi connectivity index (χ1v) is 7.55. The summed E-state index contributed by atoms with van der Waals surface area (Å²) in [6, 6.07) is 7.50. The van der Waals surface area contributed by atoms with E-state index < -0.39 is 5.60 Å². The average Bonchev–Trinajstić information content (AvgIpc) is 3.07. The van der Waals surface area contributed by atoms with Crippen LogP contribution in [0.1, 0.15) is 37.9 Å². The quantitative estimate of drug-likeness (QED) is 0.907. The van der Waals surface area contributed by atoms with Gasteiger partial charge in [0, 0.05) is 5.69 Å². The van der Waals surface area contributed by atoms with E-state index in [2.05, 4.69) is 15.5 Å². The molecule has 6 nitrogen and oxygen atoms in total. The van der Waals surface area contributed by atoms with Gasteiger partial charge in [0.2, 0.25) is 5.91 Å². The van der Waals surface area contributed by atoms with E-state index in [9.17, 15) is 9.90 Å². The second kappa shape index (κ2) is 5.88. The van der Waals surface area contributed by atoms with Gasteiger partial charge in [-0.15, -0.1) is 10.2 Å². The topological polar surface area (TPSA) is 80.0 Å². The highest BCUT2D eigenvalue weighted by Crippen LogP contribution is 2.32. The van der Waals surface area contributed by atoms with E-state index in [1.54, 1.807) is 6.33 Å². The van der Waals surface area contributed by atoms with Gasteiger partial charge in [0.1, 0.15) is 12.2 Å². The minimum Gasteiger partial charge on any atom is -0.389 e. The summed E-state index contributed by atoms with van der Waals surface area (Å²) in [5.41, 5.74) is 0.768. The van der Waals surface area contributed by atoms with E-state index in [4.69, 9.17) is 0 Å². The molecule has 1 saturated carbocycles. The first kappa shape index (κ1) is 14.7. The molecule has 0 bridgehead atoms. The lowest BCUT2D eigenvalue weighted by Crippen LogP contribution is -2.30. The summed E-state index contributed by atoms with van der Waals surface area (Å²) >= 11 is 0. The second-order valence-electron chi connectivity index (χ2n) is 5.95. The first-order chi connectivity index (χ1) is 10.6. The van der Waals surface area contributed by atoms with Crippen LogP contribution in [0.2, 0.25) is 0 Å². The molecule has 1 aliphatic rings. The van der Waals surface area contributed by atoms with Crippen molar-refractivity contribution in [3.8, 4) is 5.69 Å². The van der Waals surface area contributed by atoms with Crippen LogP contribution in [0.3, 0.4) is 0 Å². The number of amides is 1. The maximum Gasteiger partial charge on any atom is 0.227 e. The Morgan fingerprint density at radius 2 is 2.18 bits per heavy atom. The number of nitrogens with one attached hydrogen (secondary N) is 1. The smallest absolute Gasteiger partial charge is 0.227 e. The molecular formula is C16H20N4O2. The number of hydrogen-bond acceptors (Lipinski definition) is 4. The normalized spacial score (nSPS) is 16.6. The van der Waals surface area contributed by atoms with E-state index in [0.29, 0.717) is 18.5 Å². The summed E-state index contributed by atoms with van der Waals surface area (Å²) in [7, 11) is 0. The SMILES string of the molecule is Cc1nncn1-c1cccc(NC(=O)CC2(O)CCCC2)c1. The van der Waals surface area contributed by atoms with Crippen molar-refractivity contribution in [2.45, 2.75) is 44.6 Å². The highest BCUT2D eigenvalue weighted by molar-refractivity contribution is 5.91. The zero-order chi connectivity index (χ0) is 15.6. The summed E-state index contributed by atoms with van der Waals surface area (Å²) in [5.74, 6) is 0.630. The molecule has 2 N–H and O–H groups in total. The molecule has 0 spiro atoms. The Balaban J connectivity index is 1.70. The fourth-order valence-electron chi connectivity index (χ4n) is 2.99. The maximum atomic E-state index is 12.1. The van der Waals surface area contributed by atoms with E-state index in [1.807, 2.05) is 35.8 Å². The molecular weight excluding hydrogens is 280 g/mol. The van der Waals surface area contributed by atoms with Gasteiger partial charge in [0.25, 0.3) is 0 Å². The molecule has 1 aliphatic carbocycles. The lowest BCUT2D eigenvalue weighted by molar-refractivity contribution is -0.120. The third kappa shape index (κ3) is 3.17. The number of rotatable bonds is 4. The summed E-state index contributed by atoms with van der Waals surface area (Å²) in [6.45, 7) is 1.87. The van der Waals surface area contributed by atoms with Crippen LogP contribution in [0, 0.1) is 6.92 Å². The standard InChI is InChI=1S/C16H20N4O2/c1-12-19-17-11-20(12)14-6-4-5-13(9-14)18-15(21)10-16(22)7-2-3-8-16/h4-6,9,11,22H,2-3,7-8,10H2,1H3,(H,18,21). The Morgan fingerprint density at radius 1 is 1.41 bits per heavy atom. The van der Waals surface area contributed by atoms with Crippen LogP contribution >= 0.6 is 0 Å². The molecule has 0 radical (unpaired) electrons. The van der Waals surface area contributed by atoms with Crippen molar-refractivity contribution in [2.24, 2.45) is 0 Å². The minimum absolute atomic E-state index is 0.151. The van der Waals surface area contributed by atoms with Gasteiger partial charge >= 0.3 is 0 Å². The molecule has 116 valence electrons. The highest BCUT2D eigenvalue weighted by atomic mass is 16.3. The Bertz CT molecular complexity index is 674. The monoisotopic (exact) mass is 300 g/mol. The molecule has 1 heterocycles. The van der Waals surface area contributed by atoms with Crippen LogP contribution in [0.25, 0.3) is 5.69 Å². The third-order valence-corrected chi connectivity index (χ3v) is 4.15. The van der Waals surface area contributed by atoms with Gasteiger partial charge < -0.3 is 10.4 Å². The van der Waals surface area contributed by atoms with Crippen molar-refractivity contribution in [3.63, 3.8) is 0 Å². The lowest BCUT2D eigenvalue weighted by Gasteiger charge is -2.21. The summed E-state index contributed by atoms with van der Waals surface area (Å²) in [5, 5.41) is 21.0. The van der Waals surface area contributed by atoms with E-state index in [-0.39, 0.29) is 12.3 Å². The average molecular weight is 300 g/mol. The van der Waals surface area contributed by atoms with Crippen molar-refractivity contribution in [3.05, 3.63) is 36.4 Å². The minimum atomic E-state index is -0.827. The van der Waals surface area contributed by atoms with E-state index in [0.717, 1.165) is 24.4 Å². The van der Waals surface area contributed by atoms with Crippen LogP contribution in [0.4, 0.5) is 5.69 Å². The van der Waals surface area contributed by atoms with Gasteiger partial charge in [-0.05, 0) is 38.0 Å². The Hall–Kier alpha value is -2.21. The van der Waals surface area contributed by atoms with E-state index >= 15 is 0 Å². The van der Waals surface area contributed by atoms with Gasteiger partial charge in [-0.3, -0.25) is 9.36 Å². The van der Waals surface area contributed by atoms with Crippen molar-refractivity contribution >= 4 is 11.6 Å². The molecule has 22 heavy (non-hydrogen) atoms. The number of aromatic nitrogens is 3. The predicted molar refractivity (Wildman–Crippen MR) is 82.8 cm³/mol. The maximum absolute atomic E-state index is 12.1. The summed E-state index contributed by atoms with van der Waals surface area (Å²) in [6.07, 6.45) is 5.19. The Morgan fingerprint density at radius 3 is 2.86 bits per heavy atom. The van der Waals surface area contributed by atoms with Crippen LogP contribution in [0.15, 0.2) is 30.6 Å². The molecule has 1 amide bonds. The molecule has 0 aliphatic heterocycles. The molecule has 0 saturated heterocycles. The largest absolute Gasteiger partial charge is 0.389 e. The molecule has 1 aromatic carbocycles. The van der Waals surface area contributed by atoms with Gasteiger partial charge in [0.05, 0.1) is 17.7 Å². The number of nitrogens with zero attached hydrogens (tertiary/aromatic N) is 3. The molecule has 2 aromatic rings. The Kier molecular flexibility index (Phi) is 3.94. The summed E-state index contributed by atoms with van der Waals surface area (Å²) < 4.78 is 1.85. The van der Waals surface area contributed by atoms with Gasteiger partial charge in [-0.25, -0.2) is 0 Å².